The zero-order chi connectivity index (χ0) is 13.8. The molecular formula is C14H25N3OS. The maximum Gasteiger partial charge on any atom is 0.222 e. The molecule has 0 bridgehead atoms. The van der Waals surface area contributed by atoms with E-state index in [1.54, 1.807) is 0 Å². The van der Waals surface area contributed by atoms with Crippen molar-refractivity contribution in [1.82, 2.24) is 10.2 Å². The van der Waals surface area contributed by atoms with Crippen LogP contribution in [-0.4, -0.2) is 47.4 Å². The Morgan fingerprint density at radius 3 is 2.84 bits per heavy atom. The molecule has 2 aliphatic heterocycles. The molecule has 1 N–H and O–H groups in total. The lowest BCUT2D eigenvalue weighted by Gasteiger charge is -2.30. The third-order valence-corrected chi connectivity index (χ3v) is 5.51. The zero-order valence-electron chi connectivity index (χ0n) is 12.2. The summed E-state index contributed by atoms with van der Waals surface area (Å²) in [5.74, 6) is 1.03. The molecule has 1 fully saturated rings. The first-order valence-electron chi connectivity index (χ1n) is 7.35. The molecule has 2 heterocycles. The van der Waals surface area contributed by atoms with Gasteiger partial charge in [-0.05, 0) is 12.3 Å². The Morgan fingerprint density at radius 1 is 1.47 bits per heavy atom. The van der Waals surface area contributed by atoms with Gasteiger partial charge in [-0.2, -0.15) is 0 Å². The minimum Gasteiger partial charge on any atom is -0.360 e. The van der Waals surface area contributed by atoms with Gasteiger partial charge in [-0.3, -0.25) is 9.79 Å². The third kappa shape index (κ3) is 3.65. The number of carbonyl (C=O) groups excluding carboxylic acids is 1. The molecule has 0 aromatic rings. The predicted octanol–water partition coefficient (Wildman–Crippen LogP) is 2.10. The molecule has 0 saturated carbocycles. The second-order valence-electron chi connectivity index (χ2n) is 5.53. The van der Waals surface area contributed by atoms with Gasteiger partial charge in [0.25, 0.3) is 0 Å². The monoisotopic (exact) mass is 283 g/mol. The maximum absolute atomic E-state index is 11.5. The van der Waals surface area contributed by atoms with Gasteiger partial charge in [0.2, 0.25) is 5.91 Å². The fourth-order valence-corrected chi connectivity index (χ4v) is 4.23. The van der Waals surface area contributed by atoms with Crippen molar-refractivity contribution in [2.45, 2.75) is 50.8 Å². The van der Waals surface area contributed by atoms with Crippen LogP contribution in [0.5, 0.6) is 0 Å². The van der Waals surface area contributed by atoms with Crippen molar-refractivity contribution in [3.63, 3.8) is 0 Å². The Bertz CT molecular complexity index is 355. The standard InChI is InChI=1S/C14H25N3OS/c1-4-10(5-2)12-8-15-14(19-12)16-11-6-7-13(18)17(3)9-11/h10-12H,4-9H2,1-3H3,(H,15,16). The average molecular weight is 283 g/mol. The van der Waals surface area contributed by atoms with Crippen molar-refractivity contribution in [2.24, 2.45) is 10.9 Å². The van der Waals surface area contributed by atoms with Crippen LogP contribution in [0.2, 0.25) is 0 Å². The highest BCUT2D eigenvalue weighted by Crippen LogP contribution is 2.30. The van der Waals surface area contributed by atoms with Gasteiger partial charge >= 0.3 is 0 Å². The number of hydrogen-bond acceptors (Lipinski definition) is 4. The van der Waals surface area contributed by atoms with Crippen LogP contribution in [0.25, 0.3) is 0 Å². The van der Waals surface area contributed by atoms with Gasteiger partial charge < -0.3 is 10.2 Å². The van der Waals surface area contributed by atoms with Crippen LogP contribution in [0.3, 0.4) is 0 Å². The van der Waals surface area contributed by atoms with Crippen molar-refractivity contribution >= 4 is 22.8 Å². The molecule has 2 atom stereocenters. The van der Waals surface area contributed by atoms with E-state index in [0.717, 1.165) is 30.6 Å². The highest BCUT2D eigenvalue weighted by Gasteiger charge is 2.29. The number of piperidine rings is 1. The largest absolute Gasteiger partial charge is 0.360 e. The van der Waals surface area contributed by atoms with Crippen LogP contribution < -0.4 is 5.32 Å². The molecule has 1 amide bonds. The molecule has 2 rings (SSSR count). The summed E-state index contributed by atoms with van der Waals surface area (Å²) in [4.78, 5) is 17.9. The summed E-state index contributed by atoms with van der Waals surface area (Å²) >= 11 is 1.90. The first kappa shape index (κ1) is 14.7. The number of hydrogen-bond donors (Lipinski definition) is 1. The molecule has 19 heavy (non-hydrogen) atoms. The summed E-state index contributed by atoms with van der Waals surface area (Å²) < 4.78 is 0. The van der Waals surface area contributed by atoms with Gasteiger partial charge in [0.1, 0.15) is 0 Å². The summed E-state index contributed by atoms with van der Waals surface area (Å²) in [5.41, 5.74) is 0. The summed E-state index contributed by atoms with van der Waals surface area (Å²) in [5, 5.41) is 5.25. The molecule has 0 aromatic heterocycles. The lowest BCUT2D eigenvalue weighted by Crippen LogP contribution is -2.47. The van der Waals surface area contributed by atoms with E-state index >= 15 is 0 Å². The van der Waals surface area contributed by atoms with Gasteiger partial charge in [-0.1, -0.05) is 38.5 Å². The Labute approximate surface area is 120 Å². The minimum atomic E-state index is 0.258. The quantitative estimate of drug-likeness (QED) is 0.859. The Kier molecular flexibility index (Phi) is 5.13. The minimum absolute atomic E-state index is 0.258. The van der Waals surface area contributed by atoms with Crippen LogP contribution >= 0.6 is 11.8 Å². The fourth-order valence-electron chi connectivity index (χ4n) is 2.83. The van der Waals surface area contributed by atoms with Gasteiger partial charge in [0.15, 0.2) is 5.17 Å². The number of aliphatic imine (C=N–C) groups is 1. The Hall–Kier alpha value is -0.710. The van der Waals surface area contributed by atoms with Crippen LogP contribution in [0.4, 0.5) is 0 Å². The number of likely N-dealkylation sites (tertiary alicyclic amines) is 1. The molecular weight excluding hydrogens is 258 g/mol. The van der Waals surface area contributed by atoms with Crippen LogP contribution in [-0.2, 0) is 4.79 Å². The molecule has 0 aromatic carbocycles. The SMILES string of the molecule is CCC(CC)C1CN=C(NC2CCC(=O)N(C)C2)S1. The van der Waals surface area contributed by atoms with Crippen molar-refractivity contribution in [3.8, 4) is 0 Å². The smallest absolute Gasteiger partial charge is 0.222 e. The van der Waals surface area contributed by atoms with Crippen molar-refractivity contribution in [3.05, 3.63) is 0 Å². The topological polar surface area (TPSA) is 44.7 Å². The van der Waals surface area contributed by atoms with Gasteiger partial charge in [-0.25, -0.2) is 0 Å². The molecule has 2 aliphatic rings. The van der Waals surface area contributed by atoms with Gasteiger partial charge in [-0.15, -0.1) is 0 Å². The Morgan fingerprint density at radius 2 is 2.21 bits per heavy atom. The first-order valence-corrected chi connectivity index (χ1v) is 8.23. The molecule has 4 nitrogen and oxygen atoms in total. The second kappa shape index (κ2) is 6.64. The highest BCUT2D eigenvalue weighted by atomic mass is 32.2. The number of nitrogens with zero attached hydrogens (tertiary/aromatic N) is 2. The van der Waals surface area contributed by atoms with Crippen molar-refractivity contribution in [2.75, 3.05) is 20.1 Å². The Balaban J connectivity index is 1.80. The number of rotatable bonds is 4. The lowest BCUT2D eigenvalue weighted by atomic mass is 9.99. The number of nitrogens with one attached hydrogen (secondary N) is 1. The van der Waals surface area contributed by atoms with E-state index in [4.69, 9.17) is 0 Å². The highest BCUT2D eigenvalue weighted by molar-refractivity contribution is 8.14. The molecule has 2 unspecified atom stereocenters. The summed E-state index contributed by atoms with van der Waals surface area (Å²) in [6, 6.07) is 0.370. The maximum atomic E-state index is 11.5. The number of likely N-dealkylation sites (N-methyl/N-ethyl adjacent to an activating group) is 1. The van der Waals surface area contributed by atoms with E-state index in [1.165, 1.54) is 12.8 Å². The second-order valence-corrected chi connectivity index (χ2v) is 6.76. The van der Waals surface area contributed by atoms with Crippen LogP contribution in [0.1, 0.15) is 39.5 Å². The number of amides is 1. The van der Waals surface area contributed by atoms with E-state index < -0.39 is 0 Å². The summed E-state index contributed by atoms with van der Waals surface area (Å²) in [6.45, 7) is 6.28. The van der Waals surface area contributed by atoms with Crippen molar-refractivity contribution in [1.29, 1.82) is 0 Å². The number of thioether (sulfide) groups is 1. The third-order valence-electron chi connectivity index (χ3n) is 4.21. The van der Waals surface area contributed by atoms with E-state index in [2.05, 4.69) is 24.2 Å². The van der Waals surface area contributed by atoms with Crippen molar-refractivity contribution < 1.29 is 4.79 Å². The van der Waals surface area contributed by atoms with E-state index in [0.29, 0.717) is 17.7 Å². The average Bonchev–Trinajstić information content (AvgIpc) is 2.84. The molecule has 0 radical (unpaired) electrons. The van der Waals surface area contributed by atoms with Crippen LogP contribution in [0.15, 0.2) is 4.99 Å². The molecule has 5 heteroatoms. The molecule has 0 spiro atoms. The van der Waals surface area contributed by atoms with Crippen LogP contribution in [0, 0.1) is 5.92 Å². The number of amidine groups is 1. The molecule has 0 aliphatic carbocycles. The fraction of sp³-hybridized carbons (Fsp3) is 0.857. The normalized spacial score (nSPS) is 27.9. The summed E-state index contributed by atoms with van der Waals surface area (Å²) in [7, 11) is 1.88. The van der Waals surface area contributed by atoms with Gasteiger partial charge in [0.05, 0.1) is 6.54 Å². The van der Waals surface area contributed by atoms with E-state index in [9.17, 15) is 4.79 Å². The van der Waals surface area contributed by atoms with E-state index in [-0.39, 0.29) is 5.91 Å². The van der Waals surface area contributed by atoms with Gasteiger partial charge in [0, 0.05) is 31.3 Å². The lowest BCUT2D eigenvalue weighted by molar-refractivity contribution is -0.132. The zero-order valence-corrected chi connectivity index (χ0v) is 13.0. The van der Waals surface area contributed by atoms with E-state index in [1.807, 2.05) is 23.7 Å². The summed E-state index contributed by atoms with van der Waals surface area (Å²) in [6.07, 6.45) is 4.05. The predicted molar refractivity (Wildman–Crippen MR) is 81.5 cm³/mol. The first-order chi connectivity index (χ1) is 9.13. The molecule has 108 valence electrons. The number of carbonyl (C=O) groups is 1. The molecule has 1 saturated heterocycles.